The van der Waals surface area contributed by atoms with Crippen molar-refractivity contribution < 1.29 is 8.42 Å². The summed E-state index contributed by atoms with van der Waals surface area (Å²) in [6.45, 7) is 3.68. The van der Waals surface area contributed by atoms with Crippen LogP contribution >= 0.6 is 0 Å². The van der Waals surface area contributed by atoms with Crippen LogP contribution in [-0.2, 0) is 10.0 Å². The molecule has 0 unspecified atom stereocenters. The van der Waals surface area contributed by atoms with Gasteiger partial charge in [-0.2, -0.15) is 5.10 Å². The first kappa shape index (κ1) is 13.9. The number of hydrogen-bond donors (Lipinski definition) is 2. The molecule has 1 aliphatic heterocycles. The van der Waals surface area contributed by atoms with Crippen molar-refractivity contribution in [1.82, 2.24) is 15.2 Å². The van der Waals surface area contributed by atoms with E-state index >= 15 is 0 Å². The standard InChI is InChI=1S/C13H17N5O2S/c1-10-12(9-15-16-10)21(19,20)17-11-4-5-13(14-8-11)18-6-2-3-7-18/h4-5,8-9,17H,2-3,6-7H2,1H3,(H,15,16). The molecule has 1 fully saturated rings. The zero-order valence-electron chi connectivity index (χ0n) is 11.7. The molecule has 0 radical (unpaired) electrons. The van der Waals surface area contributed by atoms with Gasteiger partial charge in [-0.05, 0) is 31.9 Å². The molecule has 0 aliphatic carbocycles. The van der Waals surface area contributed by atoms with E-state index in [1.54, 1.807) is 19.2 Å². The molecule has 1 aliphatic rings. The summed E-state index contributed by atoms with van der Waals surface area (Å²) >= 11 is 0. The van der Waals surface area contributed by atoms with Crippen molar-refractivity contribution in [2.75, 3.05) is 22.7 Å². The van der Waals surface area contributed by atoms with Crippen LogP contribution in [0.15, 0.2) is 29.4 Å². The van der Waals surface area contributed by atoms with Gasteiger partial charge in [0.15, 0.2) is 0 Å². The second-order valence-corrected chi connectivity index (χ2v) is 6.71. The third-order valence-electron chi connectivity index (χ3n) is 3.50. The van der Waals surface area contributed by atoms with Gasteiger partial charge in [0.05, 0.1) is 23.8 Å². The van der Waals surface area contributed by atoms with Gasteiger partial charge in [-0.3, -0.25) is 9.82 Å². The summed E-state index contributed by atoms with van der Waals surface area (Å²) in [6.07, 6.45) is 5.19. The Morgan fingerprint density at radius 3 is 2.57 bits per heavy atom. The molecule has 0 saturated carbocycles. The Kier molecular flexibility index (Phi) is 3.54. The number of aryl methyl sites for hydroxylation is 1. The van der Waals surface area contributed by atoms with Crippen LogP contribution in [0.2, 0.25) is 0 Å². The highest BCUT2D eigenvalue weighted by molar-refractivity contribution is 7.92. The van der Waals surface area contributed by atoms with E-state index in [4.69, 9.17) is 0 Å². The predicted octanol–water partition coefficient (Wildman–Crippen LogP) is 1.51. The first-order valence-electron chi connectivity index (χ1n) is 6.80. The van der Waals surface area contributed by atoms with Gasteiger partial charge < -0.3 is 4.90 Å². The van der Waals surface area contributed by atoms with Crippen molar-refractivity contribution in [2.24, 2.45) is 0 Å². The highest BCUT2D eigenvalue weighted by Crippen LogP contribution is 2.21. The minimum Gasteiger partial charge on any atom is -0.357 e. The molecular formula is C13H17N5O2S. The smallest absolute Gasteiger partial charge is 0.265 e. The number of pyridine rings is 1. The van der Waals surface area contributed by atoms with Gasteiger partial charge >= 0.3 is 0 Å². The molecule has 2 aromatic heterocycles. The number of hydrogen-bond acceptors (Lipinski definition) is 5. The van der Waals surface area contributed by atoms with Gasteiger partial charge in [-0.25, -0.2) is 13.4 Å². The molecule has 0 bridgehead atoms. The van der Waals surface area contributed by atoms with Crippen LogP contribution in [0.4, 0.5) is 11.5 Å². The number of nitrogens with zero attached hydrogens (tertiary/aromatic N) is 3. The average molecular weight is 307 g/mol. The Balaban J connectivity index is 1.77. The molecule has 8 heteroatoms. The first-order chi connectivity index (χ1) is 10.1. The van der Waals surface area contributed by atoms with Crippen LogP contribution in [0, 0.1) is 6.92 Å². The molecule has 0 aromatic carbocycles. The molecule has 0 spiro atoms. The molecule has 2 aromatic rings. The van der Waals surface area contributed by atoms with E-state index in [2.05, 4.69) is 24.8 Å². The fourth-order valence-electron chi connectivity index (χ4n) is 2.40. The van der Waals surface area contributed by atoms with Gasteiger partial charge in [0, 0.05) is 13.1 Å². The predicted molar refractivity (Wildman–Crippen MR) is 79.8 cm³/mol. The lowest BCUT2D eigenvalue weighted by Crippen LogP contribution is -2.19. The number of anilines is 2. The monoisotopic (exact) mass is 307 g/mol. The maximum Gasteiger partial charge on any atom is 0.265 e. The quantitative estimate of drug-likeness (QED) is 0.893. The highest BCUT2D eigenvalue weighted by atomic mass is 32.2. The van der Waals surface area contributed by atoms with Gasteiger partial charge in [-0.15, -0.1) is 0 Å². The molecule has 1 saturated heterocycles. The number of H-pyrrole nitrogens is 1. The van der Waals surface area contributed by atoms with Crippen LogP contribution in [0.3, 0.4) is 0 Å². The lowest BCUT2D eigenvalue weighted by molar-refractivity contribution is 0.600. The molecular weight excluding hydrogens is 290 g/mol. The topological polar surface area (TPSA) is 91.0 Å². The maximum atomic E-state index is 12.2. The third kappa shape index (κ3) is 2.85. The fourth-order valence-corrected chi connectivity index (χ4v) is 3.58. The first-order valence-corrected chi connectivity index (χ1v) is 8.28. The van der Waals surface area contributed by atoms with E-state index in [1.165, 1.54) is 19.0 Å². The summed E-state index contributed by atoms with van der Waals surface area (Å²) in [4.78, 5) is 6.66. The molecule has 0 amide bonds. The molecule has 7 nitrogen and oxygen atoms in total. The van der Waals surface area contributed by atoms with Crippen molar-refractivity contribution in [2.45, 2.75) is 24.7 Å². The fraction of sp³-hybridized carbons (Fsp3) is 0.385. The summed E-state index contributed by atoms with van der Waals surface area (Å²) in [5, 5.41) is 6.34. The van der Waals surface area contributed by atoms with Crippen LogP contribution < -0.4 is 9.62 Å². The second-order valence-electron chi connectivity index (χ2n) is 5.06. The van der Waals surface area contributed by atoms with Crippen molar-refractivity contribution >= 4 is 21.5 Å². The largest absolute Gasteiger partial charge is 0.357 e. The zero-order chi connectivity index (χ0) is 14.9. The summed E-state index contributed by atoms with van der Waals surface area (Å²) < 4.78 is 26.9. The van der Waals surface area contributed by atoms with E-state index in [-0.39, 0.29) is 4.90 Å². The van der Waals surface area contributed by atoms with Gasteiger partial charge in [0.1, 0.15) is 10.7 Å². The molecule has 0 atom stereocenters. The summed E-state index contributed by atoms with van der Waals surface area (Å²) in [5.74, 6) is 0.884. The minimum absolute atomic E-state index is 0.145. The molecule has 112 valence electrons. The SMILES string of the molecule is Cc1[nH]ncc1S(=O)(=O)Nc1ccc(N2CCCC2)nc1. The Bertz CT molecular complexity index is 717. The second kappa shape index (κ2) is 5.36. The lowest BCUT2D eigenvalue weighted by Gasteiger charge is -2.16. The highest BCUT2D eigenvalue weighted by Gasteiger charge is 2.19. The van der Waals surface area contributed by atoms with Crippen LogP contribution in [0.25, 0.3) is 0 Å². The van der Waals surface area contributed by atoms with Crippen LogP contribution in [0.5, 0.6) is 0 Å². The van der Waals surface area contributed by atoms with Crippen molar-refractivity contribution in [3.63, 3.8) is 0 Å². The Hall–Kier alpha value is -2.09. The zero-order valence-corrected chi connectivity index (χ0v) is 12.5. The third-order valence-corrected chi connectivity index (χ3v) is 5.00. The van der Waals surface area contributed by atoms with Crippen LogP contribution in [-0.4, -0.2) is 36.7 Å². The van der Waals surface area contributed by atoms with Crippen molar-refractivity contribution in [3.05, 3.63) is 30.2 Å². The normalized spacial score (nSPS) is 15.4. The molecule has 21 heavy (non-hydrogen) atoms. The van der Waals surface area contributed by atoms with E-state index in [9.17, 15) is 8.42 Å². The van der Waals surface area contributed by atoms with Crippen molar-refractivity contribution in [3.8, 4) is 0 Å². The average Bonchev–Trinajstić information content (AvgIpc) is 3.10. The summed E-state index contributed by atoms with van der Waals surface area (Å²) in [6, 6.07) is 3.57. The summed E-state index contributed by atoms with van der Waals surface area (Å²) in [5.41, 5.74) is 0.947. The number of nitrogens with one attached hydrogen (secondary N) is 2. The number of rotatable bonds is 4. The number of aromatic amines is 1. The number of sulfonamides is 1. The maximum absolute atomic E-state index is 12.2. The van der Waals surface area contributed by atoms with Gasteiger partial charge in [0.25, 0.3) is 10.0 Å². The minimum atomic E-state index is -3.63. The Labute approximate surface area is 123 Å². The Morgan fingerprint density at radius 1 is 1.24 bits per heavy atom. The molecule has 3 rings (SSSR count). The van der Waals surface area contributed by atoms with Gasteiger partial charge in [0.2, 0.25) is 0 Å². The summed E-state index contributed by atoms with van der Waals surface area (Å²) in [7, 11) is -3.63. The van der Waals surface area contributed by atoms with E-state index in [0.29, 0.717) is 11.4 Å². The van der Waals surface area contributed by atoms with Gasteiger partial charge in [-0.1, -0.05) is 0 Å². The molecule has 3 heterocycles. The molecule has 2 N–H and O–H groups in total. The van der Waals surface area contributed by atoms with Crippen LogP contribution in [0.1, 0.15) is 18.5 Å². The van der Waals surface area contributed by atoms with Crippen molar-refractivity contribution in [1.29, 1.82) is 0 Å². The Morgan fingerprint density at radius 2 is 2.00 bits per heavy atom. The van der Waals surface area contributed by atoms with E-state index in [0.717, 1.165) is 18.9 Å². The van der Waals surface area contributed by atoms with E-state index < -0.39 is 10.0 Å². The van der Waals surface area contributed by atoms with E-state index in [1.807, 2.05) is 6.07 Å². The lowest BCUT2D eigenvalue weighted by atomic mass is 10.4. The number of aromatic nitrogens is 3.